The first-order valence-electron chi connectivity index (χ1n) is 5.79. The average molecular weight is 335 g/mol. The number of hydrogen-bond donors (Lipinski definition) is 0. The molecule has 0 aliphatic carbocycles. The van der Waals surface area contributed by atoms with Crippen LogP contribution in [0, 0.1) is 5.82 Å². The van der Waals surface area contributed by atoms with Gasteiger partial charge in [0.15, 0.2) is 8.68 Å². The lowest BCUT2D eigenvalue weighted by Crippen LogP contribution is -2.29. The summed E-state index contributed by atoms with van der Waals surface area (Å²) in [5, 5.41) is 0. The average Bonchev–Trinajstić information content (AvgIpc) is 2.83. The predicted molar refractivity (Wildman–Crippen MR) is 76.8 cm³/mol. The van der Waals surface area contributed by atoms with Gasteiger partial charge >= 0.3 is 0 Å². The van der Waals surface area contributed by atoms with Crippen LogP contribution in [0.25, 0.3) is 0 Å². The fourth-order valence-corrected chi connectivity index (χ4v) is 4.58. The predicted octanol–water partition coefficient (Wildman–Crippen LogP) is 3.15. The summed E-state index contributed by atoms with van der Waals surface area (Å²) in [5.74, 6) is -0.392. The Labute approximate surface area is 125 Å². The Balaban J connectivity index is 2.28. The van der Waals surface area contributed by atoms with Gasteiger partial charge in [-0.2, -0.15) is 4.31 Å². The van der Waals surface area contributed by atoms with Crippen LogP contribution in [0.5, 0.6) is 0 Å². The van der Waals surface area contributed by atoms with E-state index in [-0.39, 0.29) is 21.8 Å². The second-order valence-corrected chi connectivity index (χ2v) is 7.77. The third-order valence-electron chi connectivity index (χ3n) is 2.65. The van der Waals surface area contributed by atoms with E-state index in [1.165, 1.54) is 22.6 Å². The zero-order chi connectivity index (χ0) is 14.8. The molecule has 1 aromatic carbocycles. The summed E-state index contributed by atoms with van der Waals surface area (Å²) in [7, 11) is -3.66. The number of sulfonamides is 1. The highest BCUT2D eigenvalue weighted by Gasteiger charge is 2.25. The van der Waals surface area contributed by atoms with Crippen LogP contribution in [0.1, 0.15) is 12.5 Å². The molecule has 0 radical (unpaired) electrons. The number of hydrogen-bond acceptors (Lipinski definition) is 4. The van der Waals surface area contributed by atoms with Crippen molar-refractivity contribution in [1.82, 2.24) is 9.29 Å². The zero-order valence-corrected chi connectivity index (χ0v) is 13.0. The number of nitrogens with zero attached hydrogens (tertiary/aromatic N) is 2. The third kappa shape index (κ3) is 3.35. The van der Waals surface area contributed by atoms with E-state index in [1.54, 1.807) is 19.1 Å². The quantitative estimate of drug-likeness (QED) is 0.844. The summed E-state index contributed by atoms with van der Waals surface area (Å²) in [5.41, 5.74) is 0.589. The molecular weight excluding hydrogens is 323 g/mol. The molecule has 2 rings (SSSR count). The summed E-state index contributed by atoms with van der Waals surface area (Å²) >= 11 is 6.57. The van der Waals surface area contributed by atoms with Gasteiger partial charge in [0.25, 0.3) is 10.0 Å². The summed E-state index contributed by atoms with van der Waals surface area (Å²) in [6.07, 6.45) is 1.23. The van der Waals surface area contributed by atoms with Gasteiger partial charge in [0, 0.05) is 13.1 Å². The van der Waals surface area contributed by atoms with Crippen molar-refractivity contribution in [2.45, 2.75) is 17.7 Å². The van der Waals surface area contributed by atoms with Crippen LogP contribution in [0.15, 0.2) is 34.7 Å². The van der Waals surface area contributed by atoms with Crippen molar-refractivity contribution in [1.29, 1.82) is 0 Å². The molecule has 0 saturated heterocycles. The van der Waals surface area contributed by atoms with Crippen LogP contribution in [0.3, 0.4) is 0 Å². The fourth-order valence-electron chi connectivity index (χ4n) is 1.69. The van der Waals surface area contributed by atoms with E-state index in [2.05, 4.69) is 4.98 Å². The van der Waals surface area contributed by atoms with Crippen LogP contribution in [0.2, 0.25) is 4.47 Å². The van der Waals surface area contributed by atoms with Gasteiger partial charge in [0.1, 0.15) is 5.82 Å². The number of thiazole rings is 1. The molecule has 108 valence electrons. The monoisotopic (exact) mass is 334 g/mol. The van der Waals surface area contributed by atoms with Crippen molar-refractivity contribution in [3.63, 3.8) is 0 Å². The number of rotatable bonds is 5. The Morgan fingerprint density at radius 1 is 1.45 bits per heavy atom. The van der Waals surface area contributed by atoms with Gasteiger partial charge in [0.2, 0.25) is 0 Å². The topological polar surface area (TPSA) is 50.3 Å². The van der Waals surface area contributed by atoms with E-state index in [0.29, 0.717) is 5.56 Å². The fraction of sp³-hybridized carbons (Fsp3) is 0.250. The zero-order valence-electron chi connectivity index (χ0n) is 10.6. The Hall–Kier alpha value is -1.02. The lowest BCUT2D eigenvalue weighted by Gasteiger charge is -2.19. The summed E-state index contributed by atoms with van der Waals surface area (Å²) < 4.78 is 39.5. The molecular formula is C12H12ClFN2O2S2. The maximum atomic E-state index is 13.2. The van der Waals surface area contributed by atoms with Crippen molar-refractivity contribution >= 4 is 33.0 Å². The molecule has 1 heterocycles. The Morgan fingerprint density at radius 3 is 2.75 bits per heavy atom. The molecule has 0 N–H and O–H groups in total. The van der Waals surface area contributed by atoms with Crippen molar-refractivity contribution in [3.8, 4) is 0 Å². The van der Waals surface area contributed by atoms with Gasteiger partial charge in [-0.25, -0.2) is 17.8 Å². The van der Waals surface area contributed by atoms with Crippen molar-refractivity contribution in [3.05, 3.63) is 46.3 Å². The molecule has 0 unspecified atom stereocenters. The van der Waals surface area contributed by atoms with Crippen LogP contribution >= 0.6 is 22.9 Å². The second kappa shape index (κ2) is 6.17. The SMILES string of the molecule is CCN(Cc1cccc(F)c1)S(=O)(=O)c1cnc(Cl)s1. The molecule has 2 aromatic rings. The number of benzene rings is 1. The first-order chi connectivity index (χ1) is 9.43. The lowest BCUT2D eigenvalue weighted by molar-refractivity contribution is 0.423. The van der Waals surface area contributed by atoms with Gasteiger partial charge in [-0.15, -0.1) is 0 Å². The molecule has 0 amide bonds. The normalized spacial score (nSPS) is 12.0. The van der Waals surface area contributed by atoms with Crippen LogP contribution in [-0.4, -0.2) is 24.3 Å². The molecule has 0 saturated carbocycles. The molecule has 20 heavy (non-hydrogen) atoms. The minimum atomic E-state index is -3.66. The summed E-state index contributed by atoms with van der Waals surface area (Å²) in [4.78, 5) is 3.74. The smallest absolute Gasteiger partial charge is 0.232 e. The van der Waals surface area contributed by atoms with E-state index >= 15 is 0 Å². The van der Waals surface area contributed by atoms with Gasteiger partial charge in [-0.05, 0) is 17.7 Å². The maximum Gasteiger partial charge on any atom is 0.254 e. The van der Waals surface area contributed by atoms with Gasteiger partial charge in [-0.1, -0.05) is 42.0 Å². The number of halogens is 2. The highest BCUT2D eigenvalue weighted by Crippen LogP contribution is 2.26. The molecule has 0 aliphatic heterocycles. The van der Waals surface area contributed by atoms with E-state index in [9.17, 15) is 12.8 Å². The maximum absolute atomic E-state index is 13.2. The standard InChI is InChI=1S/C12H12ClFN2O2S2/c1-2-16(8-9-4-3-5-10(14)6-9)20(17,18)11-7-15-12(13)19-11/h3-7H,2,8H2,1H3. The van der Waals surface area contributed by atoms with Gasteiger partial charge in [-0.3, -0.25) is 0 Å². The van der Waals surface area contributed by atoms with Crippen LogP contribution in [0.4, 0.5) is 4.39 Å². The molecule has 0 spiro atoms. The highest BCUT2D eigenvalue weighted by atomic mass is 35.5. The van der Waals surface area contributed by atoms with Gasteiger partial charge in [0.05, 0.1) is 6.20 Å². The minimum Gasteiger partial charge on any atom is -0.232 e. The third-order valence-corrected chi connectivity index (χ3v) is 6.12. The Kier molecular flexibility index (Phi) is 4.74. The summed E-state index contributed by atoms with van der Waals surface area (Å²) in [6.45, 7) is 2.10. The van der Waals surface area contributed by atoms with Crippen molar-refractivity contribution in [2.75, 3.05) is 6.54 Å². The van der Waals surface area contributed by atoms with Crippen molar-refractivity contribution < 1.29 is 12.8 Å². The highest BCUT2D eigenvalue weighted by molar-refractivity contribution is 7.91. The van der Waals surface area contributed by atoms with E-state index in [1.807, 2.05) is 0 Å². The van der Waals surface area contributed by atoms with Crippen molar-refractivity contribution in [2.24, 2.45) is 0 Å². The molecule has 4 nitrogen and oxygen atoms in total. The number of aromatic nitrogens is 1. The molecule has 0 aliphatic rings. The molecule has 8 heteroatoms. The lowest BCUT2D eigenvalue weighted by atomic mass is 10.2. The molecule has 0 bridgehead atoms. The first kappa shape index (κ1) is 15.4. The minimum absolute atomic E-state index is 0.0840. The van der Waals surface area contributed by atoms with Gasteiger partial charge < -0.3 is 0 Å². The van der Waals surface area contributed by atoms with E-state index in [0.717, 1.165) is 11.3 Å². The largest absolute Gasteiger partial charge is 0.254 e. The molecule has 0 fully saturated rings. The van der Waals surface area contributed by atoms with Crippen LogP contribution < -0.4 is 0 Å². The van der Waals surface area contributed by atoms with E-state index in [4.69, 9.17) is 11.6 Å². The van der Waals surface area contributed by atoms with Crippen LogP contribution in [-0.2, 0) is 16.6 Å². The van der Waals surface area contributed by atoms with E-state index < -0.39 is 15.8 Å². The summed E-state index contributed by atoms with van der Waals surface area (Å²) in [6, 6.07) is 5.87. The Morgan fingerprint density at radius 2 is 2.20 bits per heavy atom. The Bertz CT molecular complexity index is 703. The molecule has 0 atom stereocenters. The first-order valence-corrected chi connectivity index (χ1v) is 8.43. The molecule has 1 aromatic heterocycles. The second-order valence-electron chi connectivity index (χ2n) is 3.99.